The van der Waals surface area contributed by atoms with Crippen LogP contribution in [0, 0.1) is 11.8 Å². The van der Waals surface area contributed by atoms with Crippen LogP contribution < -0.4 is 10.2 Å². The Morgan fingerprint density at radius 1 is 1.26 bits per heavy atom. The molecule has 1 aliphatic rings. The predicted octanol–water partition coefficient (Wildman–Crippen LogP) is 2.84. The summed E-state index contributed by atoms with van der Waals surface area (Å²) in [6.45, 7) is 8.68. The van der Waals surface area contributed by atoms with Crippen molar-refractivity contribution in [3.05, 3.63) is 29.8 Å². The molecule has 1 N–H and O–H groups in total. The summed E-state index contributed by atoms with van der Waals surface area (Å²) < 4.78 is 0. The number of hydrogen-bond donors (Lipinski definition) is 1. The van der Waals surface area contributed by atoms with Gasteiger partial charge in [-0.05, 0) is 17.5 Å². The number of fused-ring (bicyclic) bond motifs is 1. The maximum Gasteiger partial charge on any atom is 0.230 e. The lowest BCUT2D eigenvalue weighted by Crippen LogP contribution is -2.39. The molecule has 0 bridgehead atoms. The average Bonchev–Trinajstić information content (AvgIpc) is 2.59. The van der Waals surface area contributed by atoms with Crippen LogP contribution in [0.3, 0.4) is 0 Å². The highest BCUT2D eigenvalue weighted by atomic mass is 35.5. The lowest BCUT2D eigenvalue weighted by atomic mass is 9.96. The highest BCUT2D eigenvalue weighted by molar-refractivity contribution is 5.95. The Morgan fingerprint density at radius 3 is 2.63 bits per heavy atom. The second-order valence-electron chi connectivity index (χ2n) is 5.33. The van der Waals surface area contributed by atoms with E-state index < -0.39 is 0 Å². The molecular weight excluding hydrogens is 260 g/mol. The van der Waals surface area contributed by atoms with E-state index in [0.717, 1.165) is 25.3 Å². The molecule has 0 aliphatic carbocycles. The van der Waals surface area contributed by atoms with Gasteiger partial charge in [0.25, 0.3) is 0 Å². The molecule has 0 saturated heterocycles. The van der Waals surface area contributed by atoms with Gasteiger partial charge < -0.3 is 10.2 Å². The van der Waals surface area contributed by atoms with Crippen molar-refractivity contribution in [3.8, 4) is 0 Å². The molecule has 0 saturated carbocycles. The lowest BCUT2D eigenvalue weighted by Gasteiger charge is -2.27. The Bertz CT molecular complexity index is 434. The van der Waals surface area contributed by atoms with Crippen molar-refractivity contribution in [2.75, 3.05) is 18.0 Å². The molecule has 0 aromatic heterocycles. The number of benzene rings is 1. The van der Waals surface area contributed by atoms with Crippen molar-refractivity contribution in [3.63, 3.8) is 0 Å². The quantitative estimate of drug-likeness (QED) is 0.905. The number of para-hydroxylation sites is 1. The molecule has 0 spiro atoms. The summed E-state index contributed by atoms with van der Waals surface area (Å²) in [5.74, 6) is 0.679. The van der Waals surface area contributed by atoms with E-state index in [9.17, 15) is 4.79 Å². The molecule has 106 valence electrons. The van der Waals surface area contributed by atoms with Crippen LogP contribution in [0.4, 0.5) is 5.69 Å². The Kier molecular flexibility index (Phi) is 5.83. The fourth-order valence-electron chi connectivity index (χ4n) is 2.22. The highest BCUT2D eigenvalue weighted by Crippen LogP contribution is 2.25. The third kappa shape index (κ3) is 3.48. The van der Waals surface area contributed by atoms with Crippen molar-refractivity contribution >= 4 is 24.0 Å². The minimum absolute atomic E-state index is 0. The van der Waals surface area contributed by atoms with Gasteiger partial charge in [0.2, 0.25) is 5.91 Å². The zero-order valence-corrected chi connectivity index (χ0v) is 12.7. The molecule has 1 aliphatic heterocycles. The zero-order valence-electron chi connectivity index (χ0n) is 11.8. The smallest absolute Gasteiger partial charge is 0.230 e. The van der Waals surface area contributed by atoms with Gasteiger partial charge in [-0.15, -0.1) is 12.4 Å². The number of amides is 1. The third-order valence-electron chi connectivity index (χ3n) is 3.77. The van der Waals surface area contributed by atoms with Gasteiger partial charge in [0.15, 0.2) is 0 Å². The SMILES string of the molecule is CC(C)C(C)C(=O)N1CCNCc2ccccc21.Cl. The molecule has 4 heteroatoms. The zero-order chi connectivity index (χ0) is 13.1. The van der Waals surface area contributed by atoms with Gasteiger partial charge in [-0.2, -0.15) is 0 Å². The van der Waals surface area contributed by atoms with E-state index in [-0.39, 0.29) is 24.2 Å². The van der Waals surface area contributed by atoms with Crippen LogP contribution >= 0.6 is 12.4 Å². The van der Waals surface area contributed by atoms with Crippen molar-refractivity contribution in [2.45, 2.75) is 27.3 Å². The predicted molar refractivity (Wildman–Crippen MR) is 81.8 cm³/mol. The van der Waals surface area contributed by atoms with Gasteiger partial charge in [0, 0.05) is 31.2 Å². The molecule has 1 amide bonds. The first kappa shape index (κ1) is 16.0. The van der Waals surface area contributed by atoms with Gasteiger partial charge in [-0.25, -0.2) is 0 Å². The number of anilines is 1. The average molecular weight is 283 g/mol. The summed E-state index contributed by atoms with van der Waals surface area (Å²) in [4.78, 5) is 14.5. The molecule has 1 aromatic carbocycles. The van der Waals surface area contributed by atoms with Gasteiger partial charge in [0.05, 0.1) is 0 Å². The van der Waals surface area contributed by atoms with Crippen LogP contribution in [0.15, 0.2) is 24.3 Å². The maximum absolute atomic E-state index is 12.6. The summed E-state index contributed by atoms with van der Waals surface area (Å²) in [7, 11) is 0. The second kappa shape index (κ2) is 6.92. The summed E-state index contributed by atoms with van der Waals surface area (Å²) >= 11 is 0. The Hall–Kier alpha value is -1.06. The molecule has 1 atom stereocenters. The molecule has 1 aromatic rings. The topological polar surface area (TPSA) is 32.3 Å². The van der Waals surface area contributed by atoms with E-state index in [1.165, 1.54) is 5.56 Å². The van der Waals surface area contributed by atoms with Crippen molar-refractivity contribution < 1.29 is 4.79 Å². The molecule has 3 nitrogen and oxygen atoms in total. The number of nitrogens with one attached hydrogen (secondary N) is 1. The Morgan fingerprint density at radius 2 is 1.95 bits per heavy atom. The summed E-state index contributed by atoms with van der Waals surface area (Å²) in [6.07, 6.45) is 0. The van der Waals surface area contributed by atoms with Gasteiger partial charge in [-0.1, -0.05) is 39.0 Å². The van der Waals surface area contributed by atoms with E-state index >= 15 is 0 Å². The first-order valence-corrected chi connectivity index (χ1v) is 6.71. The van der Waals surface area contributed by atoms with Gasteiger partial charge >= 0.3 is 0 Å². The molecule has 19 heavy (non-hydrogen) atoms. The first-order chi connectivity index (χ1) is 8.61. The van der Waals surface area contributed by atoms with E-state index in [4.69, 9.17) is 0 Å². The molecule has 0 fully saturated rings. The van der Waals surface area contributed by atoms with Gasteiger partial charge in [-0.3, -0.25) is 4.79 Å². The summed E-state index contributed by atoms with van der Waals surface area (Å²) in [5.41, 5.74) is 2.28. The number of hydrogen-bond acceptors (Lipinski definition) is 2. The van der Waals surface area contributed by atoms with E-state index in [0.29, 0.717) is 5.92 Å². The fraction of sp³-hybridized carbons (Fsp3) is 0.533. The second-order valence-corrected chi connectivity index (χ2v) is 5.33. The Labute approximate surface area is 121 Å². The van der Waals surface area contributed by atoms with Crippen LogP contribution in [0.5, 0.6) is 0 Å². The normalized spacial score (nSPS) is 16.3. The minimum atomic E-state index is 0. The van der Waals surface area contributed by atoms with Gasteiger partial charge in [0.1, 0.15) is 0 Å². The Balaban J connectivity index is 0.00000180. The van der Waals surface area contributed by atoms with Crippen LogP contribution in [-0.2, 0) is 11.3 Å². The number of nitrogens with zero attached hydrogens (tertiary/aromatic N) is 1. The first-order valence-electron chi connectivity index (χ1n) is 6.71. The van der Waals surface area contributed by atoms with Crippen molar-refractivity contribution in [1.29, 1.82) is 0 Å². The molecular formula is C15H23ClN2O. The monoisotopic (exact) mass is 282 g/mol. The van der Waals surface area contributed by atoms with Crippen molar-refractivity contribution in [2.24, 2.45) is 11.8 Å². The fourth-order valence-corrected chi connectivity index (χ4v) is 2.22. The highest BCUT2D eigenvalue weighted by Gasteiger charge is 2.26. The number of carbonyl (C=O) groups is 1. The number of rotatable bonds is 2. The molecule has 1 unspecified atom stereocenters. The van der Waals surface area contributed by atoms with Crippen LogP contribution in [0.25, 0.3) is 0 Å². The number of halogens is 1. The molecule has 2 rings (SSSR count). The van der Waals surface area contributed by atoms with Crippen LogP contribution in [-0.4, -0.2) is 19.0 Å². The van der Waals surface area contributed by atoms with Crippen LogP contribution in [0.2, 0.25) is 0 Å². The van der Waals surface area contributed by atoms with E-state index in [1.807, 2.05) is 30.0 Å². The number of carbonyl (C=O) groups excluding carboxylic acids is 1. The summed E-state index contributed by atoms with van der Waals surface area (Å²) in [5, 5.41) is 3.36. The third-order valence-corrected chi connectivity index (χ3v) is 3.77. The molecule has 1 heterocycles. The standard InChI is InChI=1S/C15H22N2O.ClH/c1-11(2)12(3)15(18)17-9-8-16-10-13-6-4-5-7-14(13)17;/h4-7,11-12,16H,8-10H2,1-3H3;1H. The minimum Gasteiger partial charge on any atom is -0.311 e. The maximum atomic E-state index is 12.6. The van der Waals surface area contributed by atoms with E-state index in [2.05, 4.69) is 25.2 Å². The summed E-state index contributed by atoms with van der Waals surface area (Å²) in [6, 6.07) is 8.17. The lowest BCUT2D eigenvalue weighted by molar-refractivity contribution is -0.123. The van der Waals surface area contributed by atoms with Crippen LogP contribution in [0.1, 0.15) is 26.3 Å². The molecule has 0 radical (unpaired) electrons. The van der Waals surface area contributed by atoms with E-state index in [1.54, 1.807) is 0 Å². The van der Waals surface area contributed by atoms with Crippen molar-refractivity contribution in [1.82, 2.24) is 5.32 Å². The largest absolute Gasteiger partial charge is 0.311 e.